The number of carbonyl (C=O) groups excluding carboxylic acids is 1. The lowest BCUT2D eigenvalue weighted by Crippen LogP contribution is -2.51. The molecule has 1 saturated carbocycles. The van der Waals surface area contributed by atoms with E-state index in [4.69, 9.17) is 21.5 Å². The zero-order valence-corrected chi connectivity index (χ0v) is 14.6. The normalized spacial score (nSPS) is 24.0. The summed E-state index contributed by atoms with van der Waals surface area (Å²) in [4.78, 5) is 11.3. The van der Waals surface area contributed by atoms with Gasteiger partial charge in [0.2, 0.25) is 0 Å². The van der Waals surface area contributed by atoms with Crippen LogP contribution in [0.3, 0.4) is 0 Å². The van der Waals surface area contributed by atoms with E-state index >= 15 is 0 Å². The van der Waals surface area contributed by atoms with E-state index in [2.05, 4.69) is 32.2 Å². The molecular formula is C18H26N4O2. The van der Waals surface area contributed by atoms with Crippen molar-refractivity contribution in [1.29, 1.82) is 5.26 Å². The molecule has 1 fully saturated rings. The van der Waals surface area contributed by atoms with Crippen LogP contribution < -0.4 is 16.8 Å². The number of nitrogen functional groups attached to an aromatic ring is 1. The van der Waals surface area contributed by atoms with E-state index in [0.29, 0.717) is 11.3 Å². The molecule has 0 spiro atoms. The van der Waals surface area contributed by atoms with E-state index < -0.39 is 11.7 Å². The fourth-order valence-corrected chi connectivity index (χ4v) is 3.41. The molecule has 1 aliphatic rings. The average Bonchev–Trinajstić information content (AvgIpc) is 2.49. The van der Waals surface area contributed by atoms with Gasteiger partial charge in [0.05, 0.1) is 23.0 Å². The monoisotopic (exact) mass is 330 g/mol. The minimum atomic E-state index is -0.715. The standard InChI is InChI=1S/C18H26N4O2/c1-17(2,3)18(24-16(21)23)8-6-13(7-9-18)22-15-5-4-12(11-19)10-14(15)20/h4-5,10,13,22H,6-9,20H2,1-3H3,(H2,21,23). The number of nitrogens with two attached hydrogens (primary N) is 2. The van der Waals surface area contributed by atoms with Crippen LogP contribution in [0.4, 0.5) is 16.2 Å². The second kappa shape index (κ2) is 6.60. The Labute approximate surface area is 143 Å². The third-order valence-corrected chi connectivity index (χ3v) is 5.00. The highest BCUT2D eigenvalue weighted by Gasteiger charge is 2.47. The van der Waals surface area contributed by atoms with Crippen LogP contribution in [0.15, 0.2) is 18.2 Å². The lowest BCUT2D eigenvalue weighted by atomic mass is 9.67. The Kier molecular flexibility index (Phi) is 4.93. The topological polar surface area (TPSA) is 114 Å². The molecule has 6 nitrogen and oxygen atoms in total. The van der Waals surface area contributed by atoms with Crippen molar-refractivity contribution in [3.8, 4) is 6.07 Å². The maximum atomic E-state index is 11.3. The van der Waals surface area contributed by atoms with Crippen LogP contribution in [-0.2, 0) is 4.74 Å². The van der Waals surface area contributed by atoms with E-state index in [0.717, 1.165) is 31.4 Å². The van der Waals surface area contributed by atoms with Gasteiger partial charge in [0.25, 0.3) is 0 Å². The van der Waals surface area contributed by atoms with Crippen molar-refractivity contribution >= 4 is 17.5 Å². The summed E-state index contributed by atoms with van der Waals surface area (Å²) in [7, 11) is 0. The number of hydrogen-bond donors (Lipinski definition) is 3. The smallest absolute Gasteiger partial charge is 0.405 e. The van der Waals surface area contributed by atoms with Crippen molar-refractivity contribution in [2.75, 3.05) is 11.1 Å². The van der Waals surface area contributed by atoms with Gasteiger partial charge in [-0.15, -0.1) is 0 Å². The highest BCUT2D eigenvalue weighted by Crippen LogP contribution is 2.45. The zero-order chi connectivity index (χ0) is 18.0. The molecule has 1 aromatic carbocycles. The second-order valence-corrected chi connectivity index (χ2v) is 7.50. The summed E-state index contributed by atoms with van der Waals surface area (Å²) in [6.45, 7) is 6.22. The molecule has 1 amide bonds. The number of primary amides is 1. The van der Waals surface area contributed by atoms with Crippen LogP contribution in [0.25, 0.3) is 0 Å². The van der Waals surface area contributed by atoms with Crippen LogP contribution in [-0.4, -0.2) is 17.7 Å². The van der Waals surface area contributed by atoms with Crippen molar-refractivity contribution in [3.05, 3.63) is 23.8 Å². The number of benzene rings is 1. The molecule has 0 radical (unpaired) electrons. The first-order valence-corrected chi connectivity index (χ1v) is 8.21. The molecule has 130 valence electrons. The molecule has 6 heteroatoms. The van der Waals surface area contributed by atoms with Gasteiger partial charge in [-0.3, -0.25) is 0 Å². The van der Waals surface area contributed by atoms with Gasteiger partial charge in [0.1, 0.15) is 5.60 Å². The average molecular weight is 330 g/mol. The van der Waals surface area contributed by atoms with Crippen molar-refractivity contribution < 1.29 is 9.53 Å². The van der Waals surface area contributed by atoms with Crippen molar-refractivity contribution in [2.45, 2.75) is 58.1 Å². The summed E-state index contributed by atoms with van der Waals surface area (Å²) >= 11 is 0. The Morgan fingerprint density at radius 2 is 2.00 bits per heavy atom. The predicted octanol–water partition coefficient (Wildman–Crippen LogP) is 3.38. The van der Waals surface area contributed by atoms with Crippen LogP contribution in [0.5, 0.6) is 0 Å². The summed E-state index contributed by atoms with van der Waals surface area (Å²) in [5.74, 6) is 0. The molecule has 0 unspecified atom stereocenters. The van der Waals surface area contributed by atoms with Gasteiger partial charge in [-0.1, -0.05) is 20.8 Å². The third kappa shape index (κ3) is 3.73. The Hall–Kier alpha value is -2.42. The van der Waals surface area contributed by atoms with Gasteiger partial charge in [0, 0.05) is 11.5 Å². The van der Waals surface area contributed by atoms with Crippen LogP contribution in [0.1, 0.15) is 52.0 Å². The Balaban J connectivity index is 2.06. The van der Waals surface area contributed by atoms with E-state index in [9.17, 15) is 4.79 Å². The fraction of sp³-hybridized carbons (Fsp3) is 0.556. The SMILES string of the molecule is CC(C)(C)C1(OC(N)=O)CCC(Nc2ccc(C#N)cc2N)CC1. The zero-order valence-electron chi connectivity index (χ0n) is 14.6. The number of nitrogens with one attached hydrogen (secondary N) is 1. The molecule has 2 rings (SSSR count). The highest BCUT2D eigenvalue weighted by molar-refractivity contribution is 5.68. The molecule has 0 atom stereocenters. The molecular weight excluding hydrogens is 304 g/mol. The molecule has 5 N–H and O–H groups in total. The first-order valence-electron chi connectivity index (χ1n) is 8.21. The lowest BCUT2D eigenvalue weighted by Gasteiger charge is -2.47. The van der Waals surface area contributed by atoms with Crippen molar-refractivity contribution in [2.24, 2.45) is 11.1 Å². The summed E-state index contributed by atoms with van der Waals surface area (Å²) < 4.78 is 5.55. The molecule has 0 aromatic heterocycles. The van der Waals surface area contributed by atoms with E-state index in [1.165, 1.54) is 0 Å². The Morgan fingerprint density at radius 1 is 1.38 bits per heavy atom. The summed E-state index contributed by atoms with van der Waals surface area (Å²) in [6, 6.07) is 7.57. The van der Waals surface area contributed by atoms with Gasteiger partial charge in [0.15, 0.2) is 0 Å². The number of hydrogen-bond acceptors (Lipinski definition) is 5. The number of ether oxygens (including phenoxy) is 1. The van der Waals surface area contributed by atoms with Crippen molar-refractivity contribution in [1.82, 2.24) is 0 Å². The van der Waals surface area contributed by atoms with Crippen LogP contribution >= 0.6 is 0 Å². The van der Waals surface area contributed by atoms with E-state index in [-0.39, 0.29) is 11.5 Å². The number of nitriles is 1. The predicted molar refractivity (Wildman–Crippen MR) is 94.3 cm³/mol. The molecule has 0 heterocycles. The van der Waals surface area contributed by atoms with E-state index in [1.54, 1.807) is 12.1 Å². The lowest BCUT2D eigenvalue weighted by molar-refractivity contribution is -0.0904. The third-order valence-electron chi connectivity index (χ3n) is 5.00. The number of nitrogens with zero attached hydrogens (tertiary/aromatic N) is 1. The Morgan fingerprint density at radius 3 is 2.46 bits per heavy atom. The number of carbonyl (C=O) groups is 1. The molecule has 24 heavy (non-hydrogen) atoms. The van der Waals surface area contributed by atoms with E-state index in [1.807, 2.05) is 6.07 Å². The van der Waals surface area contributed by atoms with Crippen molar-refractivity contribution in [3.63, 3.8) is 0 Å². The number of anilines is 2. The second-order valence-electron chi connectivity index (χ2n) is 7.50. The molecule has 1 aliphatic carbocycles. The fourth-order valence-electron chi connectivity index (χ4n) is 3.41. The summed E-state index contributed by atoms with van der Waals surface area (Å²) in [5.41, 5.74) is 12.5. The summed E-state index contributed by atoms with van der Waals surface area (Å²) in [5, 5.41) is 12.3. The highest BCUT2D eigenvalue weighted by atomic mass is 16.6. The minimum Gasteiger partial charge on any atom is -0.443 e. The first kappa shape index (κ1) is 17.9. The number of amides is 1. The maximum absolute atomic E-state index is 11.3. The molecule has 0 saturated heterocycles. The first-order chi connectivity index (χ1) is 11.2. The minimum absolute atomic E-state index is 0.180. The Bertz CT molecular complexity index is 650. The quantitative estimate of drug-likeness (QED) is 0.735. The maximum Gasteiger partial charge on any atom is 0.405 e. The van der Waals surface area contributed by atoms with Crippen LogP contribution in [0, 0.1) is 16.7 Å². The molecule has 1 aromatic rings. The van der Waals surface area contributed by atoms with Gasteiger partial charge in [-0.2, -0.15) is 5.26 Å². The summed E-state index contributed by atoms with van der Waals surface area (Å²) in [6.07, 6.45) is 2.47. The number of rotatable bonds is 3. The largest absolute Gasteiger partial charge is 0.443 e. The molecule has 0 aliphatic heterocycles. The molecule has 0 bridgehead atoms. The van der Waals surface area contributed by atoms with Gasteiger partial charge < -0.3 is 21.5 Å². The van der Waals surface area contributed by atoms with Gasteiger partial charge in [-0.25, -0.2) is 4.79 Å². The van der Waals surface area contributed by atoms with Gasteiger partial charge >= 0.3 is 6.09 Å². The van der Waals surface area contributed by atoms with Crippen LogP contribution in [0.2, 0.25) is 0 Å². The van der Waals surface area contributed by atoms with Gasteiger partial charge in [-0.05, 0) is 43.9 Å².